The minimum atomic E-state index is -4.75. The molecule has 0 unspecified atom stereocenters. The van der Waals surface area contributed by atoms with Crippen LogP contribution in [0.1, 0.15) is 33.7 Å². The van der Waals surface area contributed by atoms with Gasteiger partial charge in [0.2, 0.25) is 0 Å². The monoisotopic (exact) mass is 440 g/mol. The van der Waals surface area contributed by atoms with Gasteiger partial charge in [-0.05, 0) is 25.5 Å². The molecule has 1 aromatic carbocycles. The van der Waals surface area contributed by atoms with Gasteiger partial charge in [-0.1, -0.05) is 12.1 Å². The van der Waals surface area contributed by atoms with E-state index in [0.29, 0.717) is 16.4 Å². The van der Waals surface area contributed by atoms with Crippen LogP contribution in [-0.2, 0) is 6.18 Å². The fourth-order valence-electron chi connectivity index (χ4n) is 2.87. The summed E-state index contributed by atoms with van der Waals surface area (Å²) in [6.45, 7) is 0.182. The van der Waals surface area contributed by atoms with Crippen molar-refractivity contribution in [2.75, 3.05) is 10.6 Å². The van der Waals surface area contributed by atoms with E-state index in [1.165, 1.54) is 13.0 Å². The molecule has 4 N–H and O–H groups in total. The lowest BCUT2D eigenvalue weighted by Gasteiger charge is -2.18. The molecule has 0 aliphatic rings. The van der Waals surface area contributed by atoms with Crippen LogP contribution in [0.25, 0.3) is 0 Å². The average molecular weight is 440 g/mol. The zero-order valence-corrected chi connectivity index (χ0v) is 16.3. The van der Waals surface area contributed by atoms with Crippen LogP contribution >= 0.6 is 0 Å². The molecular weight excluding hydrogens is 423 g/mol. The van der Waals surface area contributed by atoms with Crippen LogP contribution in [0.3, 0.4) is 0 Å². The number of para-hydroxylation sites is 1. The second-order valence-electron chi connectivity index (χ2n) is 6.61. The maximum absolute atomic E-state index is 13.5. The Kier molecular flexibility index (Phi) is 5.82. The smallest absolute Gasteiger partial charge is 0.366 e. The van der Waals surface area contributed by atoms with Crippen molar-refractivity contribution in [3.63, 3.8) is 0 Å². The summed E-state index contributed by atoms with van der Waals surface area (Å²) in [5, 5.41) is 8.92. The lowest BCUT2D eigenvalue weighted by Crippen LogP contribution is -2.16. The Morgan fingerprint density at radius 3 is 2.45 bits per heavy atom. The molecule has 1 amide bonds. The van der Waals surface area contributed by atoms with Crippen molar-refractivity contribution in [1.82, 2.24) is 14.8 Å². The van der Waals surface area contributed by atoms with Crippen molar-refractivity contribution in [3.05, 3.63) is 59.0 Å². The van der Waals surface area contributed by atoms with Gasteiger partial charge in [-0.2, -0.15) is 27.1 Å². The summed E-state index contributed by atoms with van der Waals surface area (Å²) in [5.74, 6) is -0.871. The summed E-state index contributed by atoms with van der Waals surface area (Å²) >= 11 is 0. The van der Waals surface area contributed by atoms with Gasteiger partial charge < -0.3 is 16.4 Å². The molecule has 0 radical (unpaired) electrons. The van der Waals surface area contributed by atoms with Gasteiger partial charge in [-0.3, -0.25) is 4.79 Å². The van der Waals surface area contributed by atoms with Gasteiger partial charge in [0, 0.05) is 12.3 Å². The molecule has 0 saturated heterocycles. The van der Waals surface area contributed by atoms with Crippen LogP contribution in [0.4, 0.5) is 44.8 Å². The number of aromatic nitrogens is 3. The molecule has 7 nitrogen and oxygen atoms in total. The van der Waals surface area contributed by atoms with Crippen LogP contribution in [0.2, 0.25) is 0 Å². The third kappa shape index (κ3) is 4.73. The molecule has 12 heteroatoms. The van der Waals surface area contributed by atoms with E-state index < -0.39 is 29.9 Å². The first kappa shape index (κ1) is 22.0. The van der Waals surface area contributed by atoms with Crippen molar-refractivity contribution in [2.24, 2.45) is 5.73 Å². The van der Waals surface area contributed by atoms with E-state index in [-0.39, 0.29) is 28.5 Å². The number of benzene rings is 1. The zero-order valence-electron chi connectivity index (χ0n) is 16.3. The van der Waals surface area contributed by atoms with Gasteiger partial charge in [0.15, 0.2) is 0 Å². The number of hydrogen-bond donors (Lipinski definition) is 3. The van der Waals surface area contributed by atoms with Crippen molar-refractivity contribution < 1.29 is 26.7 Å². The molecule has 0 aliphatic carbocycles. The Balaban J connectivity index is 2.04. The van der Waals surface area contributed by atoms with E-state index in [2.05, 4.69) is 20.7 Å². The molecule has 2 aromatic heterocycles. The normalized spacial score (nSPS) is 11.6. The summed E-state index contributed by atoms with van der Waals surface area (Å²) in [6, 6.07) is 5.59. The molecule has 164 valence electrons. The van der Waals surface area contributed by atoms with Gasteiger partial charge in [-0.15, -0.1) is 0 Å². The molecule has 0 bridgehead atoms. The number of hydrogen-bond acceptors (Lipinski definition) is 5. The molecule has 3 aromatic rings. The Hall–Kier alpha value is -3.70. The average Bonchev–Trinajstić information content (AvgIpc) is 3.03. The zero-order chi connectivity index (χ0) is 22.9. The summed E-state index contributed by atoms with van der Waals surface area (Å²) in [5.41, 5.74) is 4.81. The number of rotatable bonds is 6. The van der Waals surface area contributed by atoms with Gasteiger partial charge >= 0.3 is 12.7 Å². The Morgan fingerprint density at radius 2 is 1.87 bits per heavy atom. The van der Waals surface area contributed by atoms with Gasteiger partial charge in [-0.25, -0.2) is 9.67 Å². The molecule has 0 saturated carbocycles. The molecule has 0 spiro atoms. The number of amides is 1. The molecule has 3 rings (SSSR count). The second kappa shape index (κ2) is 8.20. The van der Waals surface area contributed by atoms with Crippen LogP contribution in [0, 0.1) is 13.8 Å². The van der Waals surface area contributed by atoms with Gasteiger partial charge in [0.25, 0.3) is 5.91 Å². The number of nitrogens with one attached hydrogen (secondary N) is 2. The standard InChI is InChI=1S/C19H17F5N6O/c1-9-4-3-5-11(17(25)31)16(9)28-13-6-15(26-7-12(13)19(22,23)24)27-14-8-30(18(20)21)29-10(14)2/h3-8,18H,1-2H3,(H2,25,31)(H2,26,27,28). The third-order valence-corrected chi connectivity index (χ3v) is 4.39. The lowest BCUT2D eigenvalue weighted by atomic mass is 10.1. The van der Waals surface area contributed by atoms with E-state index in [1.807, 2.05) is 0 Å². The highest BCUT2D eigenvalue weighted by molar-refractivity contribution is 6.00. The highest BCUT2D eigenvalue weighted by Crippen LogP contribution is 2.38. The molecule has 2 heterocycles. The van der Waals surface area contributed by atoms with Crippen molar-refractivity contribution in [3.8, 4) is 0 Å². The van der Waals surface area contributed by atoms with E-state index in [0.717, 1.165) is 12.3 Å². The number of primary amides is 1. The molecular formula is C19H17F5N6O. The number of pyridine rings is 1. The largest absolute Gasteiger partial charge is 0.419 e. The lowest BCUT2D eigenvalue weighted by molar-refractivity contribution is -0.137. The van der Waals surface area contributed by atoms with Crippen molar-refractivity contribution in [2.45, 2.75) is 26.6 Å². The molecule has 0 atom stereocenters. The van der Waals surface area contributed by atoms with Crippen LogP contribution in [-0.4, -0.2) is 20.7 Å². The number of carbonyl (C=O) groups is 1. The van der Waals surface area contributed by atoms with Crippen LogP contribution in [0.15, 0.2) is 36.7 Å². The number of anilines is 4. The van der Waals surface area contributed by atoms with E-state index in [1.54, 1.807) is 19.1 Å². The number of alkyl halides is 5. The number of nitrogens with two attached hydrogens (primary N) is 1. The molecule has 31 heavy (non-hydrogen) atoms. The Morgan fingerprint density at radius 1 is 1.16 bits per heavy atom. The minimum Gasteiger partial charge on any atom is -0.366 e. The number of nitrogens with zero attached hydrogens (tertiary/aromatic N) is 3. The Bertz CT molecular complexity index is 1130. The molecule has 0 fully saturated rings. The summed E-state index contributed by atoms with van der Waals surface area (Å²) in [6.07, 6.45) is -3.14. The highest BCUT2D eigenvalue weighted by atomic mass is 19.4. The SMILES string of the molecule is Cc1cccc(C(N)=O)c1Nc1cc(Nc2cn(C(F)F)nc2C)ncc1C(F)(F)F. The van der Waals surface area contributed by atoms with Crippen LogP contribution < -0.4 is 16.4 Å². The second-order valence-corrected chi connectivity index (χ2v) is 6.61. The summed E-state index contributed by atoms with van der Waals surface area (Å²) < 4.78 is 66.7. The quantitative estimate of drug-likeness (QED) is 0.474. The maximum atomic E-state index is 13.5. The first-order chi connectivity index (χ1) is 14.5. The van der Waals surface area contributed by atoms with E-state index in [4.69, 9.17) is 5.73 Å². The third-order valence-electron chi connectivity index (χ3n) is 4.39. The number of carbonyl (C=O) groups excluding carboxylic acids is 1. The predicted molar refractivity (Wildman–Crippen MR) is 104 cm³/mol. The van der Waals surface area contributed by atoms with Crippen molar-refractivity contribution >= 4 is 28.8 Å². The van der Waals surface area contributed by atoms with E-state index >= 15 is 0 Å². The van der Waals surface area contributed by atoms with Gasteiger partial charge in [0.1, 0.15) is 5.82 Å². The number of halogens is 5. The number of aryl methyl sites for hydroxylation is 2. The fourth-order valence-corrected chi connectivity index (χ4v) is 2.87. The topological polar surface area (TPSA) is 97.9 Å². The summed E-state index contributed by atoms with van der Waals surface area (Å²) in [4.78, 5) is 15.4. The predicted octanol–water partition coefficient (Wildman–Crippen LogP) is 4.89. The summed E-state index contributed by atoms with van der Waals surface area (Å²) in [7, 11) is 0. The maximum Gasteiger partial charge on any atom is 0.419 e. The first-order valence-electron chi connectivity index (χ1n) is 8.82. The Labute approximate surface area is 173 Å². The molecule has 0 aliphatic heterocycles. The minimum absolute atomic E-state index is 0.00787. The highest BCUT2D eigenvalue weighted by Gasteiger charge is 2.34. The van der Waals surface area contributed by atoms with Crippen LogP contribution in [0.5, 0.6) is 0 Å². The van der Waals surface area contributed by atoms with Crippen molar-refractivity contribution in [1.29, 1.82) is 0 Å². The first-order valence-corrected chi connectivity index (χ1v) is 8.82. The van der Waals surface area contributed by atoms with Gasteiger partial charge in [0.05, 0.1) is 40.1 Å². The van der Waals surface area contributed by atoms with E-state index in [9.17, 15) is 26.7 Å². The fraction of sp³-hybridized carbons (Fsp3) is 0.211.